The number of likely N-dealkylation sites (tertiary alicyclic amines) is 1. The molecule has 4 nitrogen and oxygen atoms in total. The number of rotatable bonds is 3. The van der Waals surface area contributed by atoms with Crippen molar-refractivity contribution in [1.82, 2.24) is 10.2 Å². The van der Waals surface area contributed by atoms with Crippen LogP contribution in [0.5, 0.6) is 0 Å². The third-order valence-electron chi connectivity index (χ3n) is 4.09. The van der Waals surface area contributed by atoms with Crippen LogP contribution in [0.4, 0.5) is 4.79 Å². The average molecular weight is 254 g/mol. The summed E-state index contributed by atoms with van der Waals surface area (Å²) in [6.07, 6.45) is 7.13. The minimum Gasteiger partial charge on any atom is -0.379 e. The molecule has 0 saturated carbocycles. The molecule has 18 heavy (non-hydrogen) atoms. The van der Waals surface area contributed by atoms with E-state index in [1.165, 1.54) is 25.7 Å². The standard InChI is InChI=1S/C14H26N2O2/c1-2-4-12-5-3-8-16(9-6-12)14(17)15-13-7-10-18-11-13/h12-13H,2-11H2,1H3,(H,15,17). The topological polar surface area (TPSA) is 41.6 Å². The predicted molar refractivity (Wildman–Crippen MR) is 71.6 cm³/mol. The number of hydrogen-bond donors (Lipinski definition) is 1. The summed E-state index contributed by atoms with van der Waals surface area (Å²) in [7, 11) is 0. The summed E-state index contributed by atoms with van der Waals surface area (Å²) in [6, 6.07) is 0.342. The van der Waals surface area contributed by atoms with Crippen molar-refractivity contribution < 1.29 is 9.53 Å². The summed E-state index contributed by atoms with van der Waals surface area (Å²) < 4.78 is 5.29. The molecule has 2 unspecified atom stereocenters. The van der Waals surface area contributed by atoms with Gasteiger partial charge in [-0.2, -0.15) is 0 Å². The molecule has 4 heteroatoms. The quantitative estimate of drug-likeness (QED) is 0.840. The highest BCUT2D eigenvalue weighted by atomic mass is 16.5. The van der Waals surface area contributed by atoms with Gasteiger partial charge in [0, 0.05) is 19.7 Å². The number of urea groups is 1. The third-order valence-corrected chi connectivity index (χ3v) is 4.09. The van der Waals surface area contributed by atoms with Crippen molar-refractivity contribution in [1.29, 1.82) is 0 Å². The molecule has 0 radical (unpaired) electrons. The van der Waals surface area contributed by atoms with Crippen molar-refractivity contribution in [3.05, 3.63) is 0 Å². The lowest BCUT2D eigenvalue weighted by molar-refractivity contribution is 0.178. The van der Waals surface area contributed by atoms with Crippen LogP contribution in [-0.2, 0) is 4.74 Å². The number of carbonyl (C=O) groups excluding carboxylic acids is 1. The summed E-state index contributed by atoms with van der Waals surface area (Å²) in [5, 5.41) is 3.09. The average Bonchev–Trinajstić information content (AvgIpc) is 2.74. The largest absolute Gasteiger partial charge is 0.379 e. The molecule has 2 atom stereocenters. The minimum atomic E-state index is 0.114. The number of amides is 2. The van der Waals surface area contributed by atoms with Gasteiger partial charge in [0.15, 0.2) is 0 Å². The van der Waals surface area contributed by atoms with Crippen LogP contribution in [0.25, 0.3) is 0 Å². The lowest BCUT2D eigenvalue weighted by Gasteiger charge is -2.23. The van der Waals surface area contributed by atoms with E-state index in [1.807, 2.05) is 4.90 Å². The second-order valence-corrected chi connectivity index (χ2v) is 5.58. The molecule has 0 aromatic heterocycles. The van der Waals surface area contributed by atoms with Gasteiger partial charge >= 0.3 is 6.03 Å². The van der Waals surface area contributed by atoms with Crippen molar-refractivity contribution in [3.8, 4) is 0 Å². The highest BCUT2D eigenvalue weighted by Crippen LogP contribution is 2.22. The number of ether oxygens (including phenoxy) is 1. The van der Waals surface area contributed by atoms with Gasteiger partial charge in [0.05, 0.1) is 12.6 Å². The lowest BCUT2D eigenvalue weighted by atomic mass is 9.96. The number of nitrogens with one attached hydrogen (secondary N) is 1. The molecule has 0 aromatic carbocycles. The van der Waals surface area contributed by atoms with Gasteiger partial charge in [-0.1, -0.05) is 19.8 Å². The molecular formula is C14H26N2O2. The molecule has 2 saturated heterocycles. The van der Waals surface area contributed by atoms with Gasteiger partial charge in [0.2, 0.25) is 0 Å². The minimum absolute atomic E-state index is 0.114. The van der Waals surface area contributed by atoms with E-state index in [0.717, 1.165) is 38.5 Å². The fourth-order valence-corrected chi connectivity index (χ4v) is 2.98. The zero-order chi connectivity index (χ0) is 12.8. The Bertz CT molecular complexity index is 265. The van der Waals surface area contributed by atoms with E-state index >= 15 is 0 Å². The monoisotopic (exact) mass is 254 g/mol. The van der Waals surface area contributed by atoms with Crippen molar-refractivity contribution in [3.63, 3.8) is 0 Å². The van der Waals surface area contributed by atoms with Crippen molar-refractivity contribution >= 4 is 6.03 Å². The van der Waals surface area contributed by atoms with Gasteiger partial charge in [0.1, 0.15) is 0 Å². The molecule has 2 aliphatic heterocycles. The molecule has 0 bridgehead atoms. The summed E-state index contributed by atoms with van der Waals surface area (Å²) in [4.78, 5) is 14.1. The summed E-state index contributed by atoms with van der Waals surface area (Å²) in [5.74, 6) is 0.822. The van der Waals surface area contributed by atoms with Crippen molar-refractivity contribution in [2.45, 2.75) is 51.5 Å². The Hall–Kier alpha value is -0.770. The van der Waals surface area contributed by atoms with Gasteiger partial charge < -0.3 is 15.0 Å². The molecule has 2 amide bonds. The molecule has 0 aromatic rings. The maximum absolute atomic E-state index is 12.1. The lowest BCUT2D eigenvalue weighted by Crippen LogP contribution is -2.45. The third kappa shape index (κ3) is 3.87. The zero-order valence-corrected chi connectivity index (χ0v) is 11.5. The first kappa shape index (κ1) is 13.7. The number of nitrogens with zero attached hydrogens (tertiary/aromatic N) is 1. The maximum Gasteiger partial charge on any atom is 0.317 e. The van der Waals surface area contributed by atoms with E-state index in [4.69, 9.17) is 4.74 Å². The molecule has 0 aliphatic carbocycles. The Balaban J connectivity index is 1.76. The van der Waals surface area contributed by atoms with Gasteiger partial charge in [-0.25, -0.2) is 4.79 Å². The van der Waals surface area contributed by atoms with Gasteiger partial charge in [-0.05, 0) is 31.6 Å². The maximum atomic E-state index is 12.1. The first-order valence-electron chi connectivity index (χ1n) is 7.42. The fourth-order valence-electron chi connectivity index (χ4n) is 2.98. The van der Waals surface area contributed by atoms with E-state index in [2.05, 4.69) is 12.2 Å². The van der Waals surface area contributed by atoms with Crippen LogP contribution in [-0.4, -0.2) is 43.3 Å². The van der Waals surface area contributed by atoms with Crippen LogP contribution in [0.3, 0.4) is 0 Å². The summed E-state index contributed by atoms with van der Waals surface area (Å²) in [6.45, 7) is 5.54. The smallest absolute Gasteiger partial charge is 0.317 e. The first-order chi connectivity index (χ1) is 8.79. The van der Waals surface area contributed by atoms with E-state index in [1.54, 1.807) is 0 Å². The molecule has 2 aliphatic rings. The Morgan fingerprint density at radius 3 is 2.94 bits per heavy atom. The molecule has 2 fully saturated rings. The first-order valence-corrected chi connectivity index (χ1v) is 7.42. The van der Waals surface area contributed by atoms with Crippen LogP contribution >= 0.6 is 0 Å². The second-order valence-electron chi connectivity index (χ2n) is 5.58. The highest BCUT2D eigenvalue weighted by molar-refractivity contribution is 5.74. The van der Waals surface area contributed by atoms with E-state index in [-0.39, 0.29) is 12.1 Å². The SMILES string of the molecule is CCCC1CCCN(C(=O)NC2CCOC2)CC1. The van der Waals surface area contributed by atoms with E-state index in [9.17, 15) is 4.79 Å². The Morgan fingerprint density at radius 1 is 1.33 bits per heavy atom. The van der Waals surface area contributed by atoms with Crippen molar-refractivity contribution in [2.24, 2.45) is 5.92 Å². The van der Waals surface area contributed by atoms with Gasteiger partial charge in [0.25, 0.3) is 0 Å². The summed E-state index contributed by atoms with van der Waals surface area (Å²) in [5.41, 5.74) is 0. The molecule has 0 spiro atoms. The Kier molecular flexibility index (Phi) is 5.29. The van der Waals surface area contributed by atoms with Gasteiger partial charge in [-0.15, -0.1) is 0 Å². The number of hydrogen-bond acceptors (Lipinski definition) is 2. The van der Waals surface area contributed by atoms with Crippen LogP contribution in [0.1, 0.15) is 45.4 Å². The van der Waals surface area contributed by atoms with Crippen LogP contribution in [0, 0.1) is 5.92 Å². The molecule has 1 N–H and O–H groups in total. The molecule has 2 rings (SSSR count). The van der Waals surface area contributed by atoms with E-state index < -0.39 is 0 Å². The molecular weight excluding hydrogens is 228 g/mol. The van der Waals surface area contributed by atoms with E-state index in [0.29, 0.717) is 6.61 Å². The normalized spacial score (nSPS) is 29.1. The van der Waals surface area contributed by atoms with Crippen LogP contribution in [0.2, 0.25) is 0 Å². The predicted octanol–water partition coefficient (Wildman–Crippen LogP) is 2.39. The number of carbonyl (C=O) groups is 1. The van der Waals surface area contributed by atoms with Crippen LogP contribution in [0.15, 0.2) is 0 Å². The summed E-state index contributed by atoms with van der Waals surface area (Å²) >= 11 is 0. The second kappa shape index (κ2) is 6.98. The fraction of sp³-hybridized carbons (Fsp3) is 0.929. The Morgan fingerprint density at radius 2 is 2.22 bits per heavy atom. The zero-order valence-electron chi connectivity index (χ0n) is 11.5. The van der Waals surface area contributed by atoms with Crippen molar-refractivity contribution in [2.75, 3.05) is 26.3 Å². The van der Waals surface area contributed by atoms with Gasteiger partial charge in [-0.3, -0.25) is 0 Å². The molecule has 104 valence electrons. The Labute approximate surface area is 110 Å². The molecule has 2 heterocycles. The van der Waals surface area contributed by atoms with Crippen LogP contribution < -0.4 is 5.32 Å². The highest BCUT2D eigenvalue weighted by Gasteiger charge is 2.23.